The van der Waals surface area contributed by atoms with Crippen molar-refractivity contribution < 1.29 is 4.74 Å². The topological polar surface area (TPSA) is 35.0 Å². The van der Waals surface area contributed by atoms with E-state index in [1.54, 1.807) is 11.3 Å². The lowest BCUT2D eigenvalue weighted by atomic mass is 9.55. The van der Waals surface area contributed by atoms with E-state index in [4.69, 9.17) is 4.74 Å². The fourth-order valence-electron chi connectivity index (χ4n) is 5.14. The van der Waals surface area contributed by atoms with E-state index < -0.39 is 0 Å². The maximum Gasteiger partial charge on any atom is 0.294 e. The molecule has 4 aliphatic carbocycles. The number of benzene rings is 1. The van der Waals surface area contributed by atoms with Crippen molar-refractivity contribution in [2.75, 3.05) is 0 Å². The van der Waals surface area contributed by atoms with Gasteiger partial charge in [0.1, 0.15) is 6.10 Å². The van der Waals surface area contributed by atoms with Crippen molar-refractivity contribution >= 4 is 11.3 Å². The Bertz CT molecular complexity index is 641. The molecule has 4 fully saturated rings. The molecule has 22 heavy (non-hydrogen) atoms. The van der Waals surface area contributed by atoms with E-state index in [9.17, 15) is 0 Å². The van der Waals surface area contributed by atoms with Crippen LogP contribution in [0.15, 0.2) is 30.3 Å². The first-order valence-electron chi connectivity index (χ1n) is 8.41. The highest BCUT2D eigenvalue weighted by Crippen LogP contribution is 2.54. The molecule has 0 N–H and O–H groups in total. The monoisotopic (exact) mass is 312 g/mol. The van der Waals surface area contributed by atoms with Crippen LogP contribution in [0, 0.1) is 23.7 Å². The van der Waals surface area contributed by atoms with Crippen LogP contribution in [0.2, 0.25) is 0 Å². The van der Waals surface area contributed by atoms with Crippen LogP contribution in [0.3, 0.4) is 0 Å². The van der Waals surface area contributed by atoms with Crippen molar-refractivity contribution in [2.45, 2.75) is 38.2 Å². The van der Waals surface area contributed by atoms with Gasteiger partial charge in [0.15, 0.2) is 5.01 Å². The summed E-state index contributed by atoms with van der Waals surface area (Å²) in [5.74, 6) is 3.49. The molecule has 0 spiro atoms. The predicted octanol–water partition coefficient (Wildman–Crippen LogP) is 4.41. The second kappa shape index (κ2) is 5.05. The van der Waals surface area contributed by atoms with Crippen molar-refractivity contribution in [1.29, 1.82) is 0 Å². The van der Waals surface area contributed by atoms with Crippen LogP contribution in [0.1, 0.15) is 32.1 Å². The molecule has 1 heterocycles. The van der Waals surface area contributed by atoms with Gasteiger partial charge in [0.2, 0.25) is 0 Å². The predicted molar refractivity (Wildman–Crippen MR) is 86.8 cm³/mol. The minimum absolute atomic E-state index is 0.393. The summed E-state index contributed by atoms with van der Waals surface area (Å²) in [7, 11) is 0. The summed E-state index contributed by atoms with van der Waals surface area (Å²) < 4.78 is 6.34. The molecule has 0 atom stereocenters. The summed E-state index contributed by atoms with van der Waals surface area (Å²) in [5.41, 5.74) is 1.12. The Morgan fingerprint density at radius 2 is 1.55 bits per heavy atom. The Labute approximate surface area is 134 Å². The molecule has 0 aliphatic heterocycles. The molecule has 4 heteroatoms. The lowest BCUT2D eigenvalue weighted by Gasteiger charge is -2.53. The third-order valence-electron chi connectivity index (χ3n) is 5.80. The quantitative estimate of drug-likeness (QED) is 0.842. The number of nitrogens with zero attached hydrogens (tertiary/aromatic N) is 2. The van der Waals surface area contributed by atoms with Crippen molar-refractivity contribution in [2.24, 2.45) is 23.7 Å². The Morgan fingerprint density at radius 3 is 2.23 bits per heavy atom. The highest BCUT2D eigenvalue weighted by atomic mass is 32.1. The molecule has 2 aromatic rings. The first-order valence-corrected chi connectivity index (χ1v) is 9.22. The van der Waals surface area contributed by atoms with Crippen LogP contribution in [-0.4, -0.2) is 16.3 Å². The molecule has 0 radical (unpaired) electrons. The Balaban J connectivity index is 1.35. The van der Waals surface area contributed by atoms with Crippen LogP contribution < -0.4 is 4.74 Å². The Morgan fingerprint density at radius 1 is 0.864 bits per heavy atom. The number of hydrogen-bond donors (Lipinski definition) is 0. The van der Waals surface area contributed by atoms with Gasteiger partial charge in [0.25, 0.3) is 5.19 Å². The number of hydrogen-bond acceptors (Lipinski definition) is 4. The molecular weight excluding hydrogens is 292 g/mol. The summed E-state index contributed by atoms with van der Waals surface area (Å²) in [5, 5.41) is 10.3. The molecule has 1 aromatic carbocycles. The van der Waals surface area contributed by atoms with E-state index in [1.807, 2.05) is 18.2 Å². The maximum absolute atomic E-state index is 6.34. The van der Waals surface area contributed by atoms with E-state index in [0.29, 0.717) is 6.10 Å². The minimum Gasteiger partial charge on any atom is -0.465 e. The van der Waals surface area contributed by atoms with Gasteiger partial charge in [0.05, 0.1) is 0 Å². The smallest absolute Gasteiger partial charge is 0.294 e. The van der Waals surface area contributed by atoms with Crippen molar-refractivity contribution in [3.8, 4) is 15.8 Å². The lowest BCUT2D eigenvalue weighted by Crippen LogP contribution is -2.50. The highest BCUT2D eigenvalue weighted by Gasteiger charge is 2.49. The molecule has 0 unspecified atom stereocenters. The molecule has 0 saturated heterocycles. The van der Waals surface area contributed by atoms with Gasteiger partial charge in [-0.25, -0.2) is 0 Å². The first-order chi connectivity index (χ1) is 10.8. The van der Waals surface area contributed by atoms with Crippen LogP contribution in [0.4, 0.5) is 0 Å². The fourth-order valence-corrected chi connectivity index (χ4v) is 5.88. The van der Waals surface area contributed by atoms with Gasteiger partial charge in [-0.2, -0.15) is 0 Å². The third kappa shape index (κ3) is 2.16. The summed E-state index contributed by atoms with van der Waals surface area (Å²) in [6, 6.07) is 10.3. The highest BCUT2D eigenvalue weighted by molar-refractivity contribution is 7.16. The maximum atomic E-state index is 6.34. The van der Waals surface area contributed by atoms with E-state index >= 15 is 0 Å². The van der Waals surface area contributed by atoms with E-state index in [1.165, 1.54) is 32.1 Å². The van der Waals surface area contributed by atoms with Gasteiger partial charge in [-0.3, -0.25) is 0 Å². The van der Waals surface area contributed by atoms with E-state index in [0.717, 1.165) is 39.4 Å². The van der Waals surface area contributed by atoms with Crippen molar-refractivity contribution in [3.05, 3.63) is 30.3 Å². The van der Waals surface area contributed by atoms with Crippen molar-refractivity contribution in [3.63, 3.8) is 0 Å². The molecule has 1 aromatic heterocycles. The molecule has 6 rings (SSSR count). The minimum atomic E-state index is 0.393. The van der Waals surface area contributed by atoms with E-state index in [2.05, 4.69) is 22.3 Å². The van der Waals surface area contributed by atoms with Gasteiger partial charge in [-0.05, 0) is 55.8 Å². The van der Waals surface area contributed by atoms with Gasteiger partial charge in [0, 0.05) is 5.56 Å². The Hall–Kier alpha value is -1.42. The van der Waals surface area contributed by atoms with Crippen LogP contribution in [0.25, 0.3) is 10.6 Å². The lowest BCUT2D eigenvalue weighted by molar-refractivity contribution is -0.0792. The molecule has 114 valence electrons. The first kappa shape index (κ1) is 13.1. The largest absolute Gasteiger partial charge is 0.465 e. The SMILES string of the molecule is c1ccc(-c2nnc(OC3C4CC5CC(C4)CC3C5)s2)cc1. The fraction of sp³-hybridized carbons (Fsp3) is 0.556. The third-order valence-corrected chi connectivity index (χ3v) is 6.67. The zero-order valence-corrected chi connectivity index (χ0v) is 13.3. The second-order valence-corrected chi connectivity index (χ2v) is 8.19. The van der Waals surface area contributed by atoms with Gasteiger partial charge < -0.3 is 4.74 Å². The van der Waals surface area contributed by atoms with Crippen molar-refractivity contribution in [1.82, 2.24) is 10.2 Å². The van der Waals surface area contributed by atoms with Gasteiger partial charge in [-0.1, -0.05) is 46.8 Å². The molecule has 4 saturated carbocycles. The average molecular weight is 312 g/mol. The van der Waals surface area contributed by atoms with Crippen LogP contribution >= 0.6 is 11.3 Å². The standard InChI is InChI=1S/C18H20N2OS/c1-2-4-13(5-3-1)17-19-20-18(22-17)21-16-14-7-11-6-12(9-14)10-15(16)8-11/h1-5,11-12,14-16H,6-10H2. The molecule has 0 amide bonds. The van der Waals surface area contributed by atoms with E-state index in [-0.39, 0.29) is 0 Å². The molecule has 4 aliphatic rings. The summed E-state index contributed by atoms with van der Waals surface area (Å²) >= 11 is 1.59. The average Bonchev–Trinajstić information content (AvgIpc) is 3.00. The second-order valence-electron chi connectivity index (χ2n) is 7.25. The van der Waals surface area contributed by atoms with Crippen LogP contribution in [0.5, 0.6) is 5.19 Å². The molecule has 4 bridgehead atoms. The van der Waals surface area contributed by atoms with Gasteiger partial charge >= 0.3 is 0 Å². The number of aromatic nitrogens is 2. The molecular formula is C18H20N2OS. The van der Waals surface area contributed by atoms with Gasteiger partial charge in [-0.15, -0.1) is 5.10 Å². The Kier molecular flexibility index (Phi) is 3.00. The summed E-state index contributed by atoms with van der Waals surface area (Å²) in [6.45, 7) is 0. The summed E-state index contributed by atoms with van der Waals surface area (Å²) in [6.07, 6.45) is 7.38. The number of ether oxygens (including phenoxy) is 1. The van der Waals surface area contributed by atoms with Crippen LogP contribution in [-0.2, 0) is 0 Å². The number of rotatable bonds is 3. The zero-order valence-electron chi connectivity index (χ0n) is 12.5. The molecule has 3 nitrogen and oxygen atoms in total. The zero-order chi connectivity index (χ0) is 14.5. The summed E-state index contributed by atoms with van der Waals surface area (Å²) in [4.78, 5) is 0. The normalized spacial score (nSPS) is 35.7.